The molecular formula is C22H47NaO8S2. The first kappa shape index (κ1) is 38.3. The Kier molecular flexibility index (Phi) is 31.7. The van der Waals surface area contributed by atoms with Gasteiger partial charge in [-0.25, -0.2) is 12.6 Å². The molecule has 0 amide bonds. The minimum absolute atomic E-state index is 0. The fourth-order valence-electron chi connectivity index (χ4n) is 3.15. The van der Waals surface area contributed by atoms with E-state index in [1.165, 1.54) is 77.0 Å². The molecule has 11 heteroatoms. The zero-order chi connectivity index (χ0) is 24.6. The normalized spacial score (nSPS) is 11.5. The molecule has 0 rings (SSSR count). The van der Waals surface area contributed by atoms with E-state index in [0.717, 1.165) is 25.7 Å². The summed E-state index contributed by atoms with van der Waals surface area (Å²) in [4.78, 5) is 0. The van der Waals surface area contributed by atoms with Crippen LogP contribution in [0.4, 0.5) is 0 Å². The summed E-state index contributed by atoms with van der Waals surface area (Å²) in [7, 11) is -8.71. The quantitative estimate of drug-likeness (QED) is 0.0984. The molecule has 0 aromatic carbocycles. The van der Waals surface area contributed by atoms with Crippen LogP contribution in [0.25, 0.3) is 0 Å². The maximum Gasteiger partial charge on any atom is 1.00 e. The minimum Gasteiger partial charge on any atom is -0.726 e. The van der Waals surface area contributed by atoms with Crippen molar-refractivity contribution in [1.82, 2.24) is 0 Å². The van der Waals surface area contributed by atoms with Gasteiger partial charge < -0.3 is 4.55 Å². The Balaban J connectivity index is -0.000000533. The van der Waals surface area contributed by atoms with E-state index in [1.807, 2.05) is 0 Å². The van der Waals surface area contributed by atoms with Gasteiger partial charge in [0, 0.05) is 0 Å². The zero-order valence-corrected chi connectivity index (χ0v) is 24.9. The molecule has 8 nitrogen and oxygen atoms in total. The monoisotopic (exact) mass is 526 g/mol. The molecule has 0 aromatic rings. The Morgan fingerprint density at radius 2 is 0.818 bits per heavy atom. The van der Waals surface area contributed by atoms with Crippen molar-refractivity contribution in [2.24, 2.45) is 0 Å². The smallest absolute Gasteiger partial charge is 0.726 e. The summed E-state index contributed by atoms with van der Waals surface area (Å²) < 4.78 is 67.3. The third kappa shape index (κ3) is 43.3. The van der Waals surface area contributed by atoms with Gasteiger partial charge in [0.25, 0.3) is 0 Å². The molecule has 0 aliphatic heterocycles. The zero-order valence-electron chi connectivity index (χ0n) is 21.3. The predicted molar refractivity (Wildman–Crippen MR) is 128 cm³/mol. The molecule has 0 radical (unpaired) electrons. The van der Waals surface area contributed by atoms with Gasteiger partial charge in [-0.2, -0.15) is 8.42 Å². The van der Waals surface area contributed by atoms with Gasteiger partial charge in [0.1, 0.15) is 0 Å². The Bertz CT molecular complexity index is 583. The predicted octanol–water partition coefficient (Wildman–Crippen LogP) is 3.33. The average molecular weight is 527 g/mol. The van der Waals surface area contributed by atoms with E-state index in [2.05, 4.69) is 22.2 Å². The van der Waals surface area contributed by atoms with Crippen molar-refractivity contribution < 1.29 is 63.9 Å². The summed E-state index contributed by atoms with van der Waals surface area (Å²) in [5.41, 5.74) is 0. The first-order valence-corrected chi connectivity index (χ1v) is 15.0. The van der Waals surface area contributed by atoms with Crippen molar-refractivity contribution in [3.05, 3.63) is 0 Å². The molecule has 1 N–H and O–H groups in total. The standard InChI is InChI=1S/C12H26O4S.C10H22O4S.Na/c1-2-3-4-5-6-7-8-9-10-11-12-16-17(13,14)15;1-2-3-4-5-6-7-8-9-10-14-15(11,12)13;/h2-12H2,1H3,(H,13,14,15);2-10H2,1H3,(H,11,12,13);/q;;+1/p-1. The molecule has 33 heavy (non-hydrogen) atoms. The van der Waals surface area contributed by atoms with E-state index in [9.17, 15) is 21.4 Å². The van der Waals surface area contributed by atoms with Crippen LogP contribution in [0.2, 0.25) is 0 Å². The van der Waals surface area contributed by atoms with E-state index in [-0.39, 0.29) is 42.8 Å². The molecule has 0 atom stereocenters. The van der Waals surface area contributed by atoms with Crippen molar-refractivity contribution in [3.63, 3.8) is 0 Å². The van der Waals surface area contributed by atoms with Gasteiger partial charge in [0.2, 0.25) is 10.4 Å². The molecule has 0 aliphatic rings. The van der Waals surface area contributed by atoms with E-state index in [1.54, 1.807) is 0 Å². The Hall–Kier alpha value is 0.740. The minimum atomic E-state index is -4.48. The van der Waals surface area contributed by atoms with Gasteiger partial charge >= 0.3 is 40.0 Å². The summed E-state index contributed by atoms with van der Waals surface area (Å²) in [6, 6.07) is 0. The second kappa shape index (κ2) is 27.3. The number of unbranched alkanes of at least 4 members (excludes halogenated alkanes) is 16. The number of rotatable bonds is 22. The van der Waals surface area contributed by atoms with Crippen LogP contribution >= 0.6 is 0 Å². The fraction of sp³-hybridized carbons (Fsp3) is 1.00. The van der Waals surface area contributed by atoms with Gasteiger partial charge in [-0.05, 0) is 12.8 Å². The first-order chi connectivity index (χ1) is 15.1. The van der Waals surface area contributed by atoms with Gasteiger partial charge in [0.15, 0.2) is 0 Å². The molecule has 0 saturated carbocycles. The van der Waals surface area contributed by atoms with Crippen LogP contribution in [-0.4, -0.2) is 39.2 Å². The van der Waals surface area contributed by atoms with Gasteiger partial charge in [-0.3, -0.25) is 8.74 Å². The molecular weight excluding hydrogens is 479 g/mol. The average Bonchev–Trinajstić information content (AvgIpc) is 2.70. The van der Waals surface area contributed by atoms with Crippen molar-refractivity contribution in [3.8, 4) is 0 Å². The summed E-state index contributed by atoms with van der Waals surface area (Å²) in [6.07, 6.45) is 20.8. The second-order valence-corrected chi connectivity index (χ2v) is 10.3. The molecule has 196 valence electrons. The van der Waals surface area contributed by atoms with Crippen LogP contribution in [-0.2, 0) is 29.2 Å². The summed E-state index contributed by atoms with van der Waals surface area (Å²) in [5, 5.41) is 0. The van der Waals surface area contributed by atoms with Crippen molar-refractivity contribution in [1.29, 1.82) is 0 Å². The topological polar surface area (TPSA) is 130 Å². The maximum absolute atomic E-state index is 10.2. The molecule has 0 heterocycles. The third-order valence-corrected chi connectivity index (χ3v) is 5.88. The fourth-order valence-corrected chi connectivity index (χ4v) is 3.80. The largest absolute Gasteiger partial charge is 1.00 e. The molecule has 0 spiro atoms. The SMILES string of the molecule is CCCCCCCCCCCCOS(=O)(=O)O.CCCCCCCCCCOS(=O)(=O)[O-].[Na+]. The third-order valence-electron chi connectivity index (χ3n) is 4.96. The Labute approximate surface area is 226 Å². The van der Waals surface area contributed by atoms with E-state index < -0.39 is 20.8 Å². The van der Waals surface area contributed by atoms with Crippen molar-refractivity contribution in [2.75, 3.05) is 13.2 Å². The van der Waals surface area contributed by atoms with Gasteiger partial charge in [-0.1, -0.05) is 117 Å². The summed E-state index contributed by atoms with van der Waals surface area (Å²) >= 11 is 0. The molecule has 0 unspecified atom stereocenters. The van der Waals surface area contributed by atoms with Crippen LogP contribution in [0.15, 0.2) is 0 Å². The molecule has 0 saturated heterocycles. The molecule has 0 aliphatic carbocycles. The summed E-state index contributed by atoms with van der Waals surface area (Å²) in [6.45, 7) is 4.52. The van der Waals surface area contributed by atoms with E-state index in [4.69, 9.17) is 4.55 Å². The van der Waals surface area contributed by atoms with Crippen molar-refractivity contribution in [2.45, 2.75) is 129 Å². The molecule has 0 bridgehead atoms. The van der Waals surface area contributed by atoms with E-state index in [0.29, 0.717) is 12.8 Å². The van der Waals surface area contributed by atoms with Crippen LogP contribution < -0.4 is 29.6 Å². The summed E-state index contributed by atoms with van der Waals surface area (Å²) in [5.74, 6) is 0. The maximum atomic E-state index is 10.2. The number of hydrogen-bond acceptors (Lipinski definition) is 7. The van der Waals surface area contributed by atoms with Gasteiger partial charge in [0.05, 0.1) is 13.2 Å². The van der Waals surface area contributed by atoms with Gasteiger partial charge in [-0.15, -0.1) is 0 Å². The van der Waals surface area contributed by atoms with Crippen LogP contribution in [0, 0.1) is 0 Å². The second-order valence-electron chi connectivity index (χ2n) is 8.14. The first-order valence-electron chi connectivity index (χ1n) is 12.3. The molecule has 0 fully saturated rings. The molecule has 0 aromatic heterocycles. The van der Waals surface area contributed by atoms with E-state index >= 15 is 0 Å². The number of hydrogen-bond donors (Lipinski definition) is 1. The Morgan fingerprint density at radius 1 is 0.545 bits per heavy atom. The van der Waals surface area contributed by atoms with Crippen LogP contribution in [0.3, 0.4) is 0 Å². The van der Waals surface area contributed by atoms with Crippen molar-refractivity contribution >= 4 is 20.8 Å². The van der Waals surface area contributed by atoms with Crippen LogP contribution in [0.5, 0.6) is 0 Å². The Morgan fingerprint density at radius 3 is 1.09 bits per heavy atom. The van der Waals surface area contributed by atoms with Crippen LogP contribution in [0.1, 0.15) is 129 Å².